The summed E-state index contributed by atoms with van der Waals surface area (Å²) in [6, 6.07) is 18.2. The summed E-state index contributed by atoms with van der Waals surface area (Å²) in [7, 11) is 0. The third-order valence-electron chi connectivity index (χ3n) is 6.23. The quantitative estimate of drug-likeness (QED) is 0.383. The van der Waals surface area contributed by atoms with Crippen molar-refractivity contribution < 1.29 is 22.7 Å². The van der Waals surface area contributed by atoms with Crippen molar-refractivity contribution in [1.29, 1.82) is 0 Å². The van der Waals surface area contributed by atoms with Gasteiger partial charge in [0.15, 0.2) is 0 Å². The molecule has 2 aromatic carbocycles. The van der Waals surface area contributed by atoms with Crippen molar-refractivity contribution in [1.82, 2.24) is 19.2 Å². The van der Waals surface area contributed by atoms with Crippen LogP contribution in [-0.2, 0) is 19.3 Å². The highest BCUT2D eigenvalue weighted by atomic mass is 19.4. The molecule has 6 nitrogen and oxygen atoms in total. The van der Waals surface area contributed by atoms with Crippen molar-refractivity contribution in [3.63, 3.8) is 0 Å². The number of alkyl halides is 3. The number of nitrogens with zero attached hydrogens (tertiary/aromatic N) is 4. The molecule has 0 radical (unpaired) electrons. The predicted octanol–water partition coefficient (Wildman–Crippen LogP) is 4.89. The molecule has 0 spiro atoms. The van der Waals surface area contributed by atoms with E-state index in [0.29, 0.717) is 50.6 Å². The minimum atomic E-state index is -4.33. The molecule has 0 aliphatic carbocycles. The summed E-state index contributed by atoms with van der Waals surface area (Å²) in [5.41, 5.74) is 2.36. The minimum Gasteiger partial charge on any atom is -0.487 e. The van der Waals surface area contributed by atoms with Crippen LogP contribution >= 0.6 is 0 Å². The van der Waals surface area contributed by atoms with Gasteiger partial charge in [0, 0.05) is 50.7 Å². The Hall–Kier alpha value is -3.85. The van der Waals surface area contributed by atoms with Crippen LogP contribution in [0, 0.1) is 0 Å². The molecule has 186 valence electrons. The Balaban J connectivity index is 1.14. The number of rotatable bonds is 6. The van der Waals surface area contributed by atoms with Gasteiger partial charge in [-0.1, -0.05) is 24.3 Å². The van der Waals surface area contributed by atoms with E-state index in [1.165, 1.54) is 12.1 Å². The third kappa shape index (κ3) is 5.52. The second-order valence-corrected chi connectivity index (χ2v) is 8.78. The summed E-state index contributed by atoms with van der Waals surface area (Å²) in [4.78, 5) is 21.5. The summed E-state index contributed by atoms with van der Waals surface area (Å²) in [5, 5.41) is 0. The van der Waals surface area contributed by atoms with Crippen molar-refractivity contribution >= 4 is 11.6 Å². The number of piperazine rings is 1. The van der Waals surface area contributed by atoms with Gasteiger partial charge in [-0.2, -0.15) is 13.2 Å². The van der Waals surface area contributed by atoms with Gasteiger partial charge in [-0.3, -0.25) is 9.69 Å². The minimum absolute atomic E-state index is 0.0673. The molecule has 0 saturated carbocycles. The maximum Gasteiger partial charge on any atom is 0.416 e. The number of halogens is 3. The standard InChI is InChI=1S/C27H25F3N4O2/c28-27(29,30)22-9-7-20(8-10-22)17-32-12-14-33(15-13-32)26(35)21-4-3-5-24(16-21)36-19-23-18-34-11-2-1-6-25(34)31-23/h1-11,16,18H,12-15,17,19H2. The molecule has 5 rings (SSSR count). The van der Waals surface area contributed by atoms with Crippen molar-refractivity contribution in [2.45, 2.75) is 19.3 Å². The van der Waals surface area contributed by atoms with Gasteiger partial charge in [-0.05, 0) is 48.0 Å². The summed E-state index contributed by atoms with van der Waals surface area (Å²) in [6.45, 7) is 3.24. The summed E-state index contributed by atoms with van der Waals surface area (Å²) < 4.78 is 46.1. The Morgan fingerprint density at radius 2 is 1.72 bits per heavy atom. The number of pyridine rings is 1. The van der Waals surface area contributed by atoms with Crippen LogP contribution in [0.4, 0.5) is 13.2 Å². The smallest absolute Gasteiger partial charge is 0.416 e. The van der Waals surface area contributed by atoms with E-state index in [1.54, 1.807) is 23.1 Å². The zero-order chi connectivity index (χ0) is 25.1. The summed E-state index contributed by atoms with van der Waals surface area (Å²) in [6.07, 6.45) is -0.496. The second kappa shape index (κ2) is 10.0. The number of aromatic nitrogens is 2. The Morgan fingerprint density at radius 1 is 0.944 bits per heavy atom. The Morgan fingerprint density at radius 3 is 2.44 bits per heavy atom. The first-order valence-corrected chi connectivity index (χ1v) is 11.7. The van der Waals surface area contributed by atoms with E-state index < -0.39 is 11.7 Å². The number of benzene rings is 2. The van der Waals surface area contributed by atoms with Gasteiger partial charge in [0.1, 0.15) is 18.0 Å². The van der Waals surface area contributed by atoms with Crippen LogP contribution in [0.5, 0.6) is 5.75 Å². The van der Waals surface area contributed by atoms with Crippen molar-refractivity contribution in [2.24, 2.45) is 0 Å². The topological polar surface area (TPSA) is 50.1 Å². The highest BCUT2D eigenvalue weighted by Gasteiger charge is 2.30. The molecule has 1 saturated heterocycles. The fraction of sp³-hybridized carbons (Fsp3) is 0.259. The van der Waals surface area contributed by atoms with Crippen molar-refractivity contribution in [2.75, 3.05) is 26.2 Å². The lowest BCUT2D eigenvalue weighted by atomic mass is 10.1. The van der Waals surface area contributed by atoms with E-state index in [9.17, 15) is 18.0 Å². The maximum atomic E-state index is 13.1. The van der Waals surface area contributed by atoms with Gasteiger partial charge < -0.3 is 14.0 Å². The van der Waals surface area contributed by atoms with Crippen LogP contribution in [0.3, 0.4) is 0 Å². The molecular formula is C27H25F3N4O2. The van der Waals surface area contributed by atoms with Crippen LogP contribution < -0.4 is 4.74 Å². The van der Waals surface area contributed by atoms with Gasteiger partial charge in [0.2, 0.25) is 0 Å². The molecule has 0 N–H and O–H groups in total. The molecule has 1 aliphatic rings. The number of carbonyl (C=O) groups excluding carboxylic acids is 1. The maximum absolute atomic E-state index is 13.1. The van der Waals surface area contributed by atoms with Crippen molar-refractivity contribution in [3.05, 3.63) is 102 Å². The molecule has 4 aromatic rings. The van der Waals surface area contributed by atoms with Gasteiger partial charge in [0.05, 0.1) is 11.3 Å². The van der Waals surface area contributed by atoms with Gasteiger partial charge in [0.25, 0.3) is 5.91 Å². The number of carbonyl (C=O) groups is 1. The largest absolute Gasteiger partial charge is 0.487 e. The van der Waals surface area contributed by atoms with Gasteiger partial charge in [-0.25, -0.2) is 4.98 Å². The van der Waals surface area contributed by atoms with E-state index in [0.717, 1.165) is 29.0 Å². The summed E-state index contributed by atoms with van der Waals surface area (Å²) >= 11 is 0. The molecule has 1 fully saturated rings. The fourth-order valence-electron chi connectivity index (χ4n) is 4.28. The number of imidazole rings is 1. The Kier molecular flexibility index (Phi) is 6.65. The van der Waals surface area contributed by atoms with E-state index in [-0.39, 0.29) is 5.91 Å². The average molecular weight is 495 g/mol. The average Bonchev–Trinajstić information content (AvgIpc) is 3.31. The fourth-order valence-corrected chi connectivity index (χ4v) is 4.28. The zero-order valence-electron chi connectivity index (χ0n) is 19.5. The second-order valence-electron chi connectivity index (χ2n) is 8.78. The third-order valence-corrected chi connectivity index (χ3v) is 6.23. The highest BCUT2D eigenvalue weighted by Crippen LogP contribution is 2.29. The molecule has 3 heterocycles. The molecule has 2 aromatic heterocycles. The number of hydrogen-bond donors (Lipinski definition) is 0. The molecule has 36 heavy (non-hydrogen) atoms. The summed E-state index contributed by atoms with van der Waals surface area (Å²) in [5.74, 6) is 0.529. The predicted molar refractivity (Wildman–Crippen MR) is 129 cm³/mol. The van der Waals surface area contributed by atoms with E-state index >= 15 is 0 Å². The number of ether oxygens (including phenoxy) is 1. The molecule has 1 aliphatic heterocycles. The number of amides is 1. The first-order valence-electron chi connectivity index (χ1n) is 11.7. The molecular weight excluding hydrogens is 469 g/mol. The van der Waals surface area contributed by atoms with Crippen molar-refractivity contribution in [3.8, 4) is 5.75 Å². The van der Waals surface area contributed by atoms with Crippen LogP contribution in [0.15, 0.2) is 79.1 Å². The lowest BCUT2D eigenvalue weighted by Crippen LogP contribution is -2.48. The number of hydrogen-bond acceptors (Lipinski definition) is 4. The SMILES string of the molecule is O=C(c1cccc(OCc2cn3ccccc3n2)c1)N1CCN(Cc2ccc(C(F)(F)F)cc2)CC1. The normalized spacial score (nSPS) is 14.8. The van der Waals surface area contributed by atoms with Crippen LogP contribution in [-0.4, -0.2) is 51.3 Å². The van der Waals surface area contributed by atoms with Crippen LogP contribution in [0.1, 0.15) is 27.2 Å². The van der Waals surface area contributed by atoms with Crippen LogP contribution in [0.2, 0.25) is 0 Å². The van der Waals surface area contributed by atoms with Gasteiger partial charge >= 0.3 is 6.18 Å². The molecule has 0 unspecified atom stereocenters. The number of fused-ring (bicyclic) bond motifs is 1. The lowest BCUT2D eigenvalue weighted by Gasteiger charge is -2.34. The Labute approximate surface area is 206 Å². The highest BCUT2D eigenvalue weighted by molar-refractivity contribution is 5.94. The molecule has 0 bridgehead atoms. The molecule has 9 heteroatoms. The van der Waals surface area contributed by atoms with E-state index in [4.69, 9.17) is 4.74 Å². The van der Waals surface area contributed by atoms with E-state index in [2.05, 4.69) is 9.88 Å². The molecule has 1 amide bonds. The lowest BCUT2D eigenvalue weighted by molar-refractivity contribution is -0.137. The Bertz CT molecular complexity index is 1310. The zero-order valence-corrected chi connectivity index (χ0v) is 19.5. The van der Waals surface area contributed by atoms with Gasteiger partial charge in [-0.15, -0.1) is 0 Å². The van der Waals surface area contributed by atoms with Crippen LogP contribution in [0.25, 0.3) is 5.65 Å². The first kappa shape index (κ1) is 23.9. The first-order chi connectivity index (χ1) is 17.3. The molecule has 0 atom stereocenters. The monoisotopic (exact) mass is 494 g/mol. The van der Waals surface area contributed by atoms with E-state index in [1.807, 2.05) is 41.1 Å².